The summed E-state index contributed by atoms with van der Waals surface area (Å²) in [5.74, 6) is -0.0437. The van der Waals surface area contributed by atoms with Crippen molar-refractivity contribution in [1.29, 1.82) is 0 Å². The number of carbonyl (C=O) groups excluding carboxylic acids is 1. The quantitative estimate of drug-likeness (QED) is 0.735. The molecule has 5 nitrogen and oxygen atoms in total. The molecular formula is C19H16BrN3O2. The molecule has 0 aliphatic heterocycles. The van der Waals surface area contributed by atoms with Crippen molar-refractivity contribution >= 4 is 32.6 Å². The SMILES string of the molecule is O=C(NC1CC1)c1ccc(Cn2nc(Br)c3ccccc3c2=O)cc1. The minimum Gasteiger partial charge on any atom is -0.349 e. The summed E-state index contributed by atoms with van der Waals surface area (Å²) in [6.45, 7) is 0.354. The average Bonchev–Trinajstić information content (AvgIpc) is 3.44. The van der Waals surface area contributed by atoms with Crippen LogP contribution in [0.1, 0.15) is 28.8 Å². The third kappa shape index (κ3) is 3.35. The molecule has 0 bridgehead atoms. The van der Waals surface area contributed by atoms with Crippen molar-refractivity contribution in [2.75, 3.05) is 0 Å². The Balaban J connectivity index is 1.59. The van der Waals surface area contributed by atoms with Gasteiger partial charge in [-0.15, -0.1) is 0 Å². The van der Waals surface area contributed by atoms with Crippen LogP contribution in [-0.2, 0) is 6.54 Å². The van der Waals surface area contributed by atoms with Crippen molar-refractivity contribution in [3.63, 3.8) is 0 Å². The van der Waals surface area contributed by atoms with E-state index >= 15 is 0 Å². The van der Waals surface area contributed by atoms with E-state index in [9.17, 15) is 9.59 Å². The van der Waals surface area contributed by atoms with Crippen molar-refractivity contribution in [2.24, 2.45) is 0 Å². The second-order valence-electron chi connectivity index (χ2n) is 6.24. The Morgan fingerprint density at radius 3 is 2.48 bits per heavy atom. The van der Waals surface area contributed by atoms with Crippen LogP contribution in [0.3, 0.4) is 0 Å². The van der Waals surface area contributed by atoms with Gasteiger partial charge in [-0.25, -0.2) is 4.68 Å². The molecule has 0 spiro atoms. The Labute approximate surface area is 152 Å². The first kappa shape index (κ1) is 16.0. The molecule has 25 heavy (non-hydrogen) atoms. The van der Waals surface area contributed by atoms with Crippen LogP contribution in [0.4, 0.5) is 0 Å². The Hall–Kier alpha value is -2.47. The molecule has 1 heterocycles. The lowest BCUT2D eigenvalue weighted by molar-refractivity contribution is 0.0951. The number of nitrogens with zero attached hydrogens (tertiary/aromatic N) is 2. The molecule has 126 valence electrons. The summed E-state index contributed by atoms with van der Waals surface area (Å²) in [7, 11) is 0. The van der Waals surface area contributed by atoms with Gasteiger partial charge in [0.15, 0.2) is 0 Å². The minimum atomic E-state index is -0.130. The topological polar surface area (TPSA) is 64.0 Å². The van der Waals surface area contributed by atoms with Crippen LogP contribution in [0.5, 0.6) is 0 Å². The number of halogens is 1. The van der Waals surface area contributed by atoms with Crippen LogP contribution < -0.4 is 10.9 Å². The Bertz CT molecular complexity index is 1010. The highest BCUT2D eigenvalue weighted by molar-refractivity contribution is 9.10. The molecule has 1 aliphatic carbocycles. The molecule has 0 radical (unpaired) electrons. The van der Waals surface area contributed by atoms with Crippen LogP contribution >= 0.6 is 15.9 Å². The molecule has 1 aliphatic rings. The van der Waals surface area contributed by atoms with Gasteiger partial charge in [-0.05, 0) is 52.5 Å². The molecule has 1 saturated carbocycles. The van der Waals surface area contributed by atoms with Crippen molar-refractivity contribution in [3.05, 3.63) is 74.6 Å². The summed E-state index contributed by atoms with van der Waals surface area (Å²) in [4.78, 5) is 24.6. The Kier molecular flexibility index (Phi) is 4.13. The van der Waals surface area contributed by atoms with Crippen LogP contribution in [0.2, 0.25) is 0 Å². The third-order valence-electron chi connectivity index (χ3n) is 4.28. The highest BCUT2D eigenvalue weighted by Gasteiger charge is 2.23. The van der Waals surface area contributed by atoms with Crippen molar-refractivity contribution < 1.29 is 4.79 Å². The fourth-order valence-electron chi connectivity index (χ4n) is 2.73. The number of fused-ring (bicyclic) bond motifs is 1. The van der Waals surface area contributed by atoms with Gasteiger partial charge < -0.3 is 5.32 Å². The molecule has 0 atom stereocenters. The van der Waals surface area contributed by atoms with Gasteiger partial charge in [-0.1, -0.05) is 30.3 Å². The zero-order valence-corrected chi connectivity index (χ0v) is 15.0. The largest absolute Gasteiger partial charge is 0.349 e. The molecule has 1 fully saturated rings. The summed E-state index contributed by atoms with van der Waals surface area (Å²) < 4.78 is 2.08. The van der Waals surface area contributed by atoms with Gasteiger partial charge in [0.1, 0.15) is 4.60 Å². The highest BCUT2D eigenvalue weighted by Crippen LogP contribution is 2.20. The molecular weight excluding hydrogens is 382 g/mol. The van der Waals surface area contributed by atoms with Crippen molar-refractivity contribution in [1.82, 2.24) is 15.1 Å². The fraction of sp³-hybridized carbons (Fsp3) is 0.211. The lowest BCUT2D eigenvalue weighted by atomic mass is 10.1. The van der Waals surface area contributed by atoms with Gasteiger partial charge in [-0.3, -0.25) is 9.59 Å². The predicted molar refractivity (Wildman–Crippen MR) is 99.7 cm³/mol. The van der Waals surface area contributed by atoms with Crippen LogP contribution in [0.25, 0.3) is 10.8 Å². The summed E-state index contributed by atoms with van der Waals surface area (Å²) in [6.07, 6.45) is 2.13. The standard InChI is InChI=1S/C19H16BrN3O2/c20-17-15-3-1-2-4-16(15)19(25)23(22-17)11-12-5-7-13(8-6-12)18(24)21-14-9-10-14/h1-8,14H,9-11H2,(H,21,24). The molecule has 3 aromatic rings. The number of carbonyl (C=O) groups is 1. The zero-order chi connectivity index (χ0) is 17.4. The summed E-state index contributed by atoms with van der Waals surface area (Å²) >= 11 is 3.43. The van der Waals surface area contributed by atoms with E-state index in [4.69, 9.17) is 0 Å². The van der Waals surface area contributed by atoms with E-state index in [1.807, 2.05) is 30.3 Å². The number of nitrogens with one attached hydrogen (secondary N) is 1. The van der Waals surface area contributed by atoms with Gasteiger partial charge in [-0.2, -0.15) is 5.10 Å². The van der Waals surface area contributed by atoms with Gasteiger partial charge in [0.2, 0.25) is 0 Å². The highest BCUT2D eigenvalue weighted by atomic mass is 79.9. The van der Waals surface area contributed by atoms with Gasteiger partial charge in [0.25, 0.3) is 11.5 Å². The third-order valence-corrected chi connectivity index (χ3v) is 4.87. The van der Waals surface area contributed by atoms with E-state index in [-0.39, 0.29) is 11.5 Å². The molecule has 0 saturated heterocycles. The summed E-state index contributed by atoms with van der Waals surface area (Å²) in [5.41, 5.74) is 1.42. The van der Waals surface area contributed by atoms with E-state index in [0.29, 0.717) is 28.1 Å². The molecule has 1 amide bonds. The average molecular weight is 398 g/mol. The van der Waals surface area contributed by atoms with E-state index in [1.54, 1.807) is 18.2 Å². The Morgan fingerprint density at radius 2 is 1.80 bits per heavy atom. The molecule has 2 aromatic carbocycles. The summed E-state index contributed by atoms with van der Waals surface area (Å²) in [6, 6.07) is 15.0. The normalized spacial score (nSPS) is 13.8. The molecule has 6 heteroatoms. The monoisotopic (exact) mass is 397 g/mol. The second kappa shape index (κ2) is 6.44. The maximum Gasteiger partial charge on any atom is 0.275 e. The van der Waals surface area contributed by atoms with Crippen LogP contribution in [-0.4, -0.2) is 21.7 Å². The first-order chi connectivity index (χ1) is 12.1. The zero-order valence-electron chi connectivity index (χ0n) is 13.4. The number of amides is 1. The fourth-order valence-corrected chi connectivity index (χ4v) is 3.27. The number of benzene rings is 2. The molecule has 1 N–H and O–H groups in total. The number of rotatable bonds is 4. The first-order valence-electron chi connectivity index (χ1n) is 8.17. The maximum absolute atomic E-state index is 12.6. The predicted octanol–water partition coefficient (Wildman–Crippen LogP) is 3.10. The smallest absolute Gasteiger partial charge is 0.275 e. The summed E-state index contributed by atoms with van der Waals surface area (Å²) in [5, 5.41) is 8.74. The lowest BCUT2D eigenvalue weighted by Gasteiger charge is -2.09. The maximum atomic E-state index is 12.6. The van der Waals surface area contributed by atoms with E-state index in [1.165, 1.54) is 4.68 Å². The number of hydrogen-bond donors (Lipinski definition) is 1. The Morgan fingerprint density at radius 1 is 1.12 bits per heavy atom. The van der Waals surface area contributed by atoms with Crippen LogP contribution in [0.15, 0.2) is 57.9 Å². The second-order valence-corrected chi connectivity index (χ2v) is 6.99. The van der Waals surface area contributed by atoms with Crippen LogP contribution in [0, 0.1) is 0 Å². The van der Waals surface area contributed by atoms with Crippen molar-refractivity contribution in [3.8, 4) is 0 Å². The minimum absolute atomic E-state index is 0.0437. The molecule has 4 rings (SSSR count). The van der Waals surface area contributed by atoms with E-state index in [2.05, 4.69) is 26.3 Å². The number of aromatic nitrogens is 2. The van der Waals surface area contributed by atoms with Crippen molar-refractivity contribution in [2.45, 2.75) is 25.4 Å². The van der Waals surface area contributed by atoms with Gasteiger partial charge >= 0.3 is 0 Å². The number of hydrogen-bond acceptors (Lipinski definition) is 3. The first-order valence-corrected chi connectivity index (χ1v) is 8.96. The van der Waals surface area contributed by atoms with E-state index in [0.717, 1.165) is 23.8 Å². The van der Waals surface area contributed by atoms with Gasteiger partial charge in [0, 0.05) is 17.0 Å². The van der Waals surface area contributed by atoms with Gasteiger partial charge in [0.05, 0.1) is 11.9 Å². The molecule has 0 unspecified atom stereocenters. The van der Waals surface area contributed by atoms with E-state index < -0.39 is 0 Å². The lowest BCUT2D eigenvalue weighted by Crippen LogP contribution is -2.25. The molecule has 1 aromatic heterocycles.